The first kappa shape index (κ1) is 27.8. The Balaban J connectivity index is 1.60. The fourth-order valence-electron chi connectivity index (χ4n) is 5.22. The third-order valence-corrected chi connectivity index (χ3v) is 7.40. The van der Waals surface area contributed by atoms with E-state index in [0.29, 0.717) is 5.56 Å². The quantitative estimate of drug-likeness (QED) is 0.365. The van der Waals surface area contributed by atoms with E-state index in [9.17, 15) is 13.9 Å². The molecule has 3 N–H and O–H groups in total. The predicted octanol–water partition coefficient (Wildman–Crippen LogP) is 4.03. The zero-order chi connectivity index (χ0) is 27.3. The second-order valence-corrected chi connectivity index (χ2v) is 11.1. The van der Waals surface area contributed by atoms with Gasteiger partial charge in [-0.1, -0.05) is 45.0 Å². The van der Waals surface area contributed by atoms with Crippen LogP contribution in [0.15, 0.2) is 53.9 Å². The molecule has 1 saturated carbocycles. The SMILES string of the molecule is CNN=C1CCC(NCC(O)C(Cc2cc(F)cc(F)c2)n2cnnn2)(c2cccc(C(C)(C)C)c2)CC1. The Morgan fingerprint density at radius 3 is 2.42 bits per heavy atom. The van der Waals surface area contributed by atoms with E-state index in [0.717, 1.165) is 37.5 Å². The highest BCUT2D eigenvalue weighted by Crippen LogP contribution is 2.38. The summed E-state index contributed by atoms with van der Waals surface area (Å²) in [6.07, 6.45) is 3.92. The number of aliphatic hydroxyl groups is 1. The summed E-state index contributed by atoms with van der Waals surface area (Å²) < 4.78 is 29.2. The van der Waals surface area contributed by atoms with Gasteiger partial charge < -0.3 is 15.8 Å². The van der Waals surface area contributed by atoms with E-state index in [4.69, 9.17) is 0 Å². The van der Waals surface area contributed by atoms with E-state index in [-0.39, 0.29) is 23.9 Å². The smallest absolute Gasteiger partial charge is 0.138 e. The molecule has 0 saturated heterocycles. The maximum absolute atomic E-state index is 13.9. The van der Waals surface area contributed by atoms with Gasteiger partial charge in [0.2, 0.25) is 0 Å². The maximum atomic E-state index is 13.9. The van der Waals surface area contributed by atoms with Gasteiger partial charge in [-0.25, -0.2) is 13.5 Å². The van der Waals surface area contributed by atoms with Crippen LogP contribution in [0.3, 0.4) is 0 Å². The molecule has 1 fully saturated rings. The summed E-state index contributed by atoms with van der Waals surface area (Å²) in [4.78, 5) is 0. The summed E-state index contributed by atoms with van der Waals surface area (Å²) >= 11 is 0. The number of hydrazone groups is 1. The standard InChI is InChI=1S/C28H37F2N7O/c1-27(2,3)20-6-5-7-21(15-20)28(10-8-24(9-11-28)34-31-4)32-17-26(38)25(37-18-33-35-36-37)14-19-12-22(29)16-23(30)13-19/h5-7,12-13,15-16,18,25-26,31-32,38H,8-11,14,17H2,1-4H3. The molecular formula is C28H37F2N7O. The first-order valence-electron chi connectivity index (χ1n) is 13.0. The van der Waals surface area contributed by atoms with E-state index in [1.54, 1.807) is 7.05 Å². The highest BCUT2D eigenvalue weighted by Gasteiger charge is 2.37. The Bertz CT molecular complexity index is 1210. The van der Waals surface area contributed by atoms with Crippen molar-refractivity contribution in [3.8, 4) is 0 Å². The molecule has 0 radical (unpaired) electrons. The van der Waals surface area contributed by atoms with Crippen LogP contribution in [0.5, 0.6) is 0 Å². The third-order valence-electron chi connectivity index (χ3n) is 7.40. The van der Waals surface area contributed by atoms with Crippen molar-refractivity contribution in [1.82, 2.24) is 30.9 Å². The van der Waals surface area contributed by atoms with Crippen molar-refractivity contribution in [1.29, 1.82) is 0 Å². The average Bonchev–Trinajstić information content (AvgIpc) is 3.41. The predicted molar refractivity (Wildman–Crippen MR) is 143 cm³/mol. The first-order valence-corrected chi connectivity index (χ1v) is 13.0. The minimum absolute atomic E-state index is 0.00442. The Morgan fingerprint density at radius 1 is 1.11 bits per heavy atom. The molecule has 2 aromatic carbocycles. The van der Waals surface area contributed by atoms with Crippen LogP contribution in [-0.4, -0.2) is 50.7 Å². The van der Waals surface area contributed by atoms with Crippen molar-refractivity contribution in [2.24, 2.45) is 5.10 Å². The van der Waals surface area contributed by atoms with Crippen molar-refractivity contribution in [3.63, 3.8) is 0 Å². The van der Waals surface area contributed by atoms with E-state index >= 15 is 0 Å². The van der Waals surface area contributed by atoms with Gasteiger partial charge in [0, 0.05) is 30.9 Å². The lowest BCUT2D eigenvalue weighted by Crippen LogP contribution is -2.50. The van der Waals surface area contributed by atoms with Crippen LogP contribution in [0, 0.1) is 11.6 Å². The number of hydrogen-bond acceptors (Lipinski definition) is 7. The molecule has 0 aliphatic heterocycles. The Hall–Kier alpha value is -3.24. The summed E-state index contributed by atoms with van der Waals surface area (Å²) in [5.41, 5.74) is 6.48. The van der Waals surface area contributed by atoms with Crippen molar-refractivity contribution >= 4 is 5.71 Å². The number of rotatable bonds is 9. The molecule has 0 spiro atoms. The summed E-state index contributed by atoms with van der Waals surface area (Å²) in [5.74, 6) is -1.33. The molecule has 1 aromatic heterocycles. The largest absolute Gasteiger partial charge is 0.390 e. The molecule has 1 heterocycles. The Labute approximate surface area is 222 Å². The van der Waals surface area contributed by atoms with Crippen molar-refractivity contribution in [2.75, 3.05) is 13.6 Å². The second-order valence-electron chi connectivity index (χ2n) is 11.1. The van der Waals surface area contributed by atoms with E-state index in [1.165, 1.54) is 34.3 Å². The van der Waals surface area contributed by atoms with Crippen LogP contribution < -0.4 is 10.7 Å². The van der Waals surface area contributed by atoms with Gasteiger partial charge in [-0.3, -0.25) is 0 Å². The van der Waals surface area contributed by atoms with Gasteiger partial charge in [0.1, 0.15) is 18.0 Å². The first-order chi connectivity index (χ1) is 18.1. The molecule has 3 aromatic rings. The minimum Gasteiger partial charge on any atom is -0.390 e. The Morgan fingerprint density at radius 2 is 1.82 bits per heavy atom. The van der Waals surface area contributed by atoms with Crippen LogP contribution in [0.1, 0.15) is 69.2 Å². The van der Waals surface area contributed by atoms with Gasteiger partial charge in [0.15, 0.2) is 0 Å². The van der Waals surface area contributed by atoms with Crippen LogP contribution in [0.4, 0.5) is 8.78 Å². The topological polar surface area (TPSA) is 100 Å². The number of tetrazole rings is 1. The van der Waals surface area contributed by atoms with Crippen molar-refractivity contribution in [3.05, 3.63) is 77.1 Å². The van der Waals surface area contributed by atoms with Crippen molar-refractivity contribution < 1.29 is 13.9 Å². The van der Waals surface area contributed by atoms with Gasteiger partial charge in [0.05, 0.1) is 12.1 Å². The van der Waals surface area contributed by atoms with Gasteiger partial charge in [-0.2, -0.15) is 5.10 Å². The minimum atomic E-state index is -0.931. The normalized spacial score (nSPS) is 19.7. The number of hydrogen-bond donors (Lipinski definition) is 3. The molecule has 204 valence electrons. The molecule has 8 nitrogen and oxygen atoms in total. The zero-order valence-corrected chi connectivity index (χ0v) is 22.5. The van der Waals surface area contributed by atoms with E-state index in [2.05, 4.69) is 76.4 Å². The number of halogens is 2. The fraction of sp³-hybridized carbons (Fsp3) is 0.500. The molecule has 2 atom stereocenters. The lowest BCUT2D eigenvalue weighted by atomic mass is 9.74. The van der Waals surface area contributed by atoms with Crippen LogP contribution in [0.2, 0.25) is 0 Å². The monoisotopic (exact) mass is 525 g/mol. The third kappa shape index (κ3) is 6.60. The molecule has 1 aliphatic carbocycles. The average molecular weight is 526 g/mol. The fourth-order valence-corrected chi connectivity index (χ4v) is 5.22. The van der Waals surface area contributed by atoms with Gasteiger partial charge in [0.25, 0.3) is 0 Å². The molecule has 1 aliphatic rings. The summed E-state index contributed by atoms with van der Waals surface area (Å²) in [6, 6.07) is 11.4. The molecule has 38 heavy (non-hydrogen) atoms. The number of aromatic nitrogens is 4. The second kappa shape index (κ2) is 11.7. The summed E-state index contributed by atoms with van der Waals surface area (Å²) in [7, 11) is 1.81. The Kier molecular flexibility index (Phi) is 8.52. The number of nitrogens with zero attached hydrogens (tertiary/aromatic N) is 5. The highest BCUT2D eigenvalue weighted by molar-refractivity contribution is 5.85. The maximum Gasteiger partial charge on any atom is 0.138 e. The van der Waals surface area contributed by atoms with E-state index < -0.39 is 23.8 Å². The van der Waals surface area contributed by atoms with Gasteiger partial charge in [-0.05, 0) is 76.8 Å². The van der Waals surface area contributed by atoms with Gasteiger partial charge in [-0.15, -0.1) is 5.10 Å². The molecule has 10 heteroatoms. The zero-order valence-electron chi connectivity index (χ0n) is 22.5. The van der Waals surface area contributed by atoms with Gasteiger partial charge >= 0.3 is 0 Å². The van der Waals surface area contributed by atoms with Crippen LogP contribution in [0.25, 0.3) is 0 Å². The molecule has 0 amide bonds. The molecule has 0 bridgehead atoms. The van der Waals surface area contributed by atoms with Crippen molar-refractivity contribution in [2.45, 2.75) is 76.0 Å². The lowest BCUT2D eigenvalue weighted by Gasteiger charge is -2.41. The molecule has 2 unspecified atom stereocenters. The number of benzene rings is 2. The highest BCUT2D eigenvalue weighted by atomic mass is 19.1. The number of aliphatic hydroxyl groups excluding tert-OH is 1. The molecule has 4 rings (SSSR count). The van der Waals surface area contributed by atoms with Crippen LogP contribution >= 0.6 is 0 Å². The van der Waals surface area contributed by atoms with Crippen LogP contribution in [-0.2, 0) is 17.4 Å². The number of nitrogens with one attached hydrogen (secondary N) is 2. The summed E-state index contributed by atoms with van der Waals surface area (Å²) in [5, 5.41) is 30.9. The summed E-state index contributed by atoms with van der Waals surface area (Å²) in [6.45, 7) is 6.82. The molecular weight excluding hydrogens is 488 g/mol. The van der Waals surface area contributed by atoms with E-state index in [1.807, 2.05) is 0 Å². The lowest BCUT2D eigenvalue weighted by molar-refractivity contribution is 0.0884.